The third kappa shape index (κ3) is 2.40. The Morgan fingerprint density at radius 3 is 2.64 bits per heavy atom. The number of benzene rings is 2. The van der Waals surface area contributed by atoms with Crippen molar-refractivity contribution in [3.8, 4) is 11.4 Å². The molecule has 22 heavy (non-hydrogen) atoms. The number of imidazole rings is 1. The van der Waals surface area contributed by atoms with Gasteiger partial charge in [-0.25, -0.2) is 10.0 Å². The van der Waals surface area contributed by atoms with Crippen LogP contribution < -0.4 is 0 Å². The van der Waals surface area contributed by atoms with E-state index in [9.17, 15) is 9.90 Å². The quantitative estimate of drug-likeness (QED) is 0.754. The molecule has 1 N–H and O–H groups in total. The lowest BCUT2D eigenvalue weighted by atomic mass is 10.2. The summed E-state index contributed by atoms with van der Waals surface area (Å²) in [5.74, 6) is -0.0337. The number of carbonyl (C=O) groups is 1. The Hall–Kier alpha value is -2.86. The fraction of sp³-hybridized carbons (Fsp3) is 0.125. The summed E-state index contributed by atoms with van der Waals surface area (Å²) in [5.41, 5.74) is 2.95. The zero-order chi connectivity index (χ0) is 15.7. The van der Waals surface area contributed by atoms with Crippen molar-refractivity contribution in [3.63, 3.8) is 0 Å². The fourth-order valence-electron chi connectivity index (χ4n) is 2.22. The number of nitrogens with zero attached hydrogens (tertiary/aromatic N) is 3. The SMILES string of the molecule is CON(C)C(=O)c1ccc2ncn(-c3ccc(O)cc3)c2c1. The fourth-order valence-corrected chi connectivity index (χ4v) is 2.22. The number of amides is 1. The Labute approximate surface area is 127 Å². The van der Waals surface area contributed by atoms with E-state index in [1.807, 2.05) is 4.57 Å². The monoisotopic (exact) mass is 297 g/mol. The van der Waals surface area contributed by atoms with Gasteiger partial charge in [0, 0.05) is 18.3 Å². The van der Waals surface area contributed by atoms with E-state index in [4.69, 9.17) is 4.84 Å². The normalized spacial score (nSPS) is 10.8. The predicted octanol–water partition coefficient (Wildman–Crippen LogP) is 2.36. The van der Waals surface area contributed by atoms with Gasteiger partial charge in [-0.05, 0) is 42.5 Å². The molecule has 0 unspecified atom stereocenters. The number of carbonyl (C=O) groups excluding carboxylic acids is 1. The number of hydrogen-bond donors (Lipinski definition) is 1. The second-order valence-electron chi connectivity index (χ2n) is 4.82. The van der Waals surface area contributed by atoms with Crippen molar-refractivity contribution in [1.82, 2.24) is 14.6 Å². The van der Waals surface area contributed by atoms with Crippen molar-refractivity contribution in [3.05, 3.63) is 54.4 Å². The van der Waals surface area contributed by atoms with E-state index in [2.05, 4.69) is 4.98 Å². The van der Waals surface area contributed by atoms with Crippen molar-refractivity contribution in [2.75, 3.05) is 14.2 Å². The maximum Gasteiger partial charge on any atom is 0.277 e. The zero-order valence-corrected chi connectivity index (χ0v) is 12.2. The molecule has 0 bridgehead atoms. The number of hydrogen-bond acceptors (Lipinski definition) is 4. The van der Waals surface area contributed by atoms with E-state index in [-0.39, 0.29) is 11.7 Å². The number of phenolic OH excluding ortho intramolecular Hbond substituents is 1. The van der Waals surface area contributed by atoms with Crippen LogP contribution >= 0.6 is 0 Å². The molecular formula is C16H15N3O3. The highest BCUT2D eigenvalue weighted by Crippen LogP contribution is 2.21. The highest BCUT2D eigenvalue weighted by Gasteiger charge is 2.14. The van der Waals surface area contributed by atoms with Gasteiger partial charge >= 0.3 is 0 Å². The van der Waals surface area contributed by atoms with Crippen LogP contribution in [0.2, 0.25) is 0 Å². The van der Waals surface area contributed by atoms with Gasteiger partial charge in [-0.3, -0.25) is 14.2 Å². The molecule has 0 aliphatic heterocycles. The van der Waals surface area contributed by atoms with Gasteiger partial charge in [0.1, 0.15) is 12.1 Å². The van der Waals surface area contributed by atoms with Crippen LogP contribution in [-0.2, 0) is 4.84 Å². The lowest BCUT2D eigenvalue weighted by molar-refractivity contribution is -0.0756. The molecule has 0 atom stereocenters. The predicted molar refractivity (Wildman–Crippen MR) is 81.8 cm³/mol. The second-order valence-corrected chi connectivity index (χ2v) is 4.82. The topological polar surface area (TPSA) is 67.6 Å². The van der Waals surface area contributed by atoms with E-state index in [1.165, 1.54) is 12.2 Å². The summed E-state index contributed by atoms with van der Waals surface area (Å²) < 4.78 is 1.86. The summed E-state index contributed by atoms with van der Waals surface area (Å²) in [6.07, 6.45) is 1.69. The van der Waals surface area contributed by atoms with Gasteiger partial charge in [-0.1, -0.05) is 0 Å². The molecule has 2 aromatic carbocycles. The summed E-state index contributed by atoms with van der Waals surface area (Å²) >= 11 is 0. The molecule has 0 aliphatic rings. The zero-order valence-electron chi connectivity index (χ0n) is 12.2. The van der Waals surface area contributed by atoms with Gasteiger partial charge in [0.25, 0.3) is 5.91 Å². The molecule has 0 spiro atoms. The maximum atomic E-state index is 12.2. The molecule has 1 heterocycles. The van der Waals surface area contributed by atoms with E-state index in [0.29, 0.717) is 5.56 Å². The van der Waals surface area contributed by atoms with Gasteiger partial charge in [-0.2, -0.15) is 0 Å². The molecule has 0 saturated carbocycles. The van der Waals surface area contributed by atoms with Gasteiger partial charge < -0.3 is 5.11 Å². The van der Waals surface area contributed by atoms with Gasteiger partial charge in [-0.15, -0.1) is 0 Å². The number of phenols is 1. The lowest BCUT2D eigenvalue weighted by Crippen LogP contribution is -2.25. The first-order chi connectivity index (χ1) is 10.6. The summed E-state index contributed by atoms with van der Waals surface area (Å²) in [6.45, 7) is 0. The molecule has 1 amide bonds. The number of fused-ring (bicyclic) bond motifs is 1. The van der Waals surface area contributed by atoms with E-state index >= 15 is 0 Å². The third-order valence-electron chi connectivity index (χ3n) is 3.48. The minimum absolute atomic E-state index is 0.200. The summed E-state index contributed by atoms with van der Waals surface area (Å²) in [6, 6.07) is 12.1. The van der Waals surface area contributed by atoms with Crippen molar-refractivity contribution in [1.29, 1.82) is 0 Å². The van der Waals surface area contributed by atoms with Crippen LogP contribution in [0.3, 0.4) is 0 Å². The van der Waals surface area contributed by atoms with Gasteiger partial charge in [0.15, 0.2) is 0 Å². The van der Waals surface area contributed by atoms with Crippen LogP contribution in [-0.4, -0.2) is 39.8 Å². The first kappa shape index (κ1) is 14.1. The average Bonchev–Trinajstić information content (AvgIpc) is 2.97. The number of hydroxylamine groups is 2. The first-order valence-electron chi connectivity index (χ1n) is 6.69. The van der Waals surface area contributed by atoms with Crippen LogP contribution in [0.5, 0.6) is 5.75 Å². The largest absolute Gasteiger partial charge is 0.508 e. The number of rotatable bonds is 3. The Bertz CT molecular complexity index is 824. The third-order valence-corrected chi connectivity index (χ3v) is 3.48. The smallest absolute Gasteiger partial charge is 0.277 e. The molecular weight excluding hydrogens is 282 g/mol. The average molecular weight is 297 g/mol. The van der Waals surface area contributed by atoms with E-state index in [0.717, 1.165) is 16.7 Å². The molecule has 1 aromatic heterocycles. The lowest BCUT2D eigenvalue weighted by Gasteiger charge is -2.13. The van der Waals surface area contributed by atoms with Crippen LogP contribution in [0.1, 0.15) is 10.4 Å². The molecule has 3 rings (SSSR count). The molecule has 3 aromatic rings. The van der Waals surface area contributed by atoms with Crippen molar-refractivity contribution >= 4 is 16.9 Å². The number of aromatic nitrogens is 2. The van der Waals surface area contributed by atoms with Crippen LogP contribution in [0.15, 0.2) is 48.8 Å². The standard InChI is InChI=1S/C16H15N3O3/c1-18(22-2)16(21)11-3-8-14-15(9-11)19(10-17-14)12-4-6-13(20)7-5-12/h3-10,20H,1-2H3. The number of aromatic hydroxyl groups is 1. The minimum atomic E-state index is -0.233. The molecule has 112 valence electrons. The maximum absolute atomic E-state index is 12.2. The van der Waals surface area contributed by atoms with Gasteiger partial charge in [0.05, 0.1) is 18.1 Å². The Morgan fingerprint density at radius 2 is 1.95 bits per heavy atom. The highest BCUT2D eigenvalue weighted by atomic mass is 16.7. The minimum Gasteiger partial charge on any atom is -0.508 e. The molecule has 6 nitrogen and oxygen atoms in total. The molecule has 0 saturated heterocycles. The Kier molecular flexibility index (Phi) is 3.52. The molecule has 0 radical (unpaired) electrons. The van der Waals surface area contributed by atoms with Crippen LogP contribution in [0.25, 0.3) is 16.7 Å². The molecule has 6 heteroatoms. The van der Waals surface area contributed by atoms with Crippen molar-refractivity contribution < 1.29 is 14.7 Å². The Morgan fingerprint density at radius 1 is 1.23 bits per heavy atom. The summed E-state index contributed by atoms with van der Waals surface area (Å²) in [4.78, 5) is 21.4. The van der Waals surface area contributed by atoms with Gasteiger partial charge in [0.2, 0.25) is 0 Å². The van der Waals surface area contributed by atoms with E-state index in [1.54, 1.807) is 55.8 Å². The van der Waals surface area contributed by atoms with Crippen molar-refractivity contribution in [2.45, 2.75) is 0 Å². The molecule has 0 aliphatic carbocycles. The second kappa shape index (κ2) is 5.50. The highest BCUT2D eigenvalue weighted by molar-refractivity contribution is 5.97. The van der Waals surface area contributed by atoms with Crippen LogP contribution in [0, 0.1) is 0 Å². The van der Waals surface area contributed by atoms with Crippen molar-refractivity contribution in [2.24, 2.45) is 0 Å². The Balaban J connectivity index is 2.09. The van der Waals surface area contributed by atoms with E-state index < -0.39 is 0 Å². The summed E-state index contributed by atoms with van der Waals surface area (Å²) in [7, 11) is 3.00. The summed E-state index contributed by atoms with van der Waals surface area (Å²) in [5, 5.41) is 10.6. The van der Waals surface area contributed by atoms with Crippen LogP contribution in [0.4, 0.5) is 0 Å². The first-order valence-corrected chi connectivity index (χ1v) is 6.69. The molecule has 0 fully saturated rings.